The van der Waals surface area contributed by atoms with Crippen LogP contribution in [0.15, 0.2) is 12.1 Å². The van der Waals surface area contributed by atoms with Crippen LogP contribution in [0.1, 0.15) is 56.7 Å². The molecule has 0 spiro atoms. The number of nitrogens with zero attached hydrogens (tertiary/aromatic N) is 1. The van der Waals surface area contributed by atoms with Crippen LogP contribution in [0.5, 0.6) is 0 Å². The lowest BCUT2D eigenvalue weighted by atomic mass is 9.86. The van der Waals surface area contributed by atoms with Crippen molar-refractivity contribution in [3.05, 3.63) is 29.1 Å². The van der Waals surface area contributed by atoms with Gasteiger partial charge in [-0.2, -0.15) is 0 Å². The molecular formula is C18H29FN2. The molecule has 1 N–H and O–H groups in total. The highest BCUT2D eigenvalue weighted by molar-refractivity contribution is 5.57. The van der Waals surface area contributed by atoms with E-state index in [1.54, 1.807) is 6.07 Å². The number of benzene rings is 1. The molecule has 1 aromatic rings. The van der Waals surface area contributed by atoms with Gasteiger partial charge in [-0.1, -0.05) is 6.92 Å². The molecule has 1 aromatic carbocycles. The molecule has 1 saturated carbocycles. The maximum atomic E-state index is 14.0. The standard InChI is InChI=1S/C18H29FN2/c1-12-6-8-15(9-7-12)21(5)18-10-13(2)17(19)11-16(18)14(3)20-4/h10-12,14-15,20H,6-9H2,1-5H3. The van der Waals surface area contributed by atoms with Gasteiger partial charge in [-0.15, -0.1) is 0 Å². The first-order valence-corrected chi connectivity index (χ1v) is 8.14. The Morgan fingerprint density at radius 2 is 1.86 bits per heavy atom. The Balaban J connectivity index is 2.30. The first-order valence-electron chi connectivity index (χ1n) is 8.14. The molecule has 0 aliphatic heterocycles. The van der Waals surface area contributed by atoms with Gasteiger partial charge >= 0.3 is 0 Å². The molecule has 0 saturated heterocycles. The van der Waals surface area contributed by atoms with Crippen LogP contribution < -0.4 is 10.2 Å². The molecule has 1 aliphatic carbocycles. The maximum Gasteiger partial charge on any atom is 0.126 e. The van der Waals surface area contributed by atoms with Crippen molar-refractivity contribution < 1.29 is 4.39 Å². The van der Waals surface area contributed by atoms with Crippen LogP contribution in [-0.2, 0) is 0 Å². The van der Waals surface area contributed by atoms with E-state index in [0.717, 1.165) is 17.0 Å². The van der Waals surface area contributed by atoms with Crippen LogP contribution >= 0.6 is 0 Å². The molecule has 2 rings (SSSR count). The Bertz CT molecular complexity index is 478. The Labute approximate surface area is 128 Å². The van der Waals surface area contributed by atoms with Crippen molar-refractivity contribution in [2.24, 2.45) is 5.92 Å². The molecular weight excluding hydrogens is 263 g/mol. The minimum Gasteiger partial charge on any atom is -0.371 e. The quantitative estimate of drug-likeness (QED) is 0.883. The van der Waals surface area contributed by atoms with Gasteiger partial charge in [0.05, 0.1) is 0 Å². The van der Waals surface area contributed by atoms with Crippen LogP contribution in [0.2, 0.25) is 0 Å². The van der Waals surface area contributed by atoms with Gasteiger partial charge in [-0.3, -0.25) is 0 Å². The summed E-state index contributed by atoms with van der Waals surface area (Å²) >= 11 is 0. The molecule has 1 fully saturated rings. The third-order valence-corrected chi connectivity index (χ3v) is 5.12. The summed E-state index contributed by atoms with van der Waals surface area (Å²) in [4.78, 5) is 2.38. The highest BCUT2D eigenvalue weighted by Crippen LogP contribution is 2.34. The van der Waals surface area contributed by atoms with Crippen molar-refractivity contribution in [1.29, 1.82) is 0 Å². The van der Waals surface area contributed by atoms with Crippen LogP contribution in [0, 0.1) is 18.7 Å². The summed E-state index contributed by atoms with van der Waals surface area (Å²) in [6, 6.07) is 4.44. The Hall–Kier alpha value is -1.09. The van der Waals surface area contributed by atoms with Gasteiger partial charge in [0.1, 0.15) is 5.82 Å². The SMILES string of the molecule is CNC(C)c1cc(F)c(C)cc1N(C)C1CCC(C)CC1. The number of rotatable bonds is 4. The van der Waals surface area contributed by atoms with Gasteiger partial charge < -0.3 is 10.2 Å². The monoisotopic (exact) mass is 292 g/mol. The first kappa shape index (κ1) is 16.3. The minimum absolute atomic E-state index is 0.110. The molecule has 2 nitrogen and oxygen atoms in total. The number of anilines is 1. The molecule has 3 heteroatoms. The van der Waals surface area contributed by atoms with Crippen molar-refractivity contribution in [3.8, 4) is 0 Å². The lowest BCUT2D eigenvalue weighted by molar-refractivity contribution is 0.340. The van der Waals surface area contributed by atoms with Crippen molar-refractivity contribution in [3.63, 3.8) is 0 Å². The van der Waals surface area contributed by atoms with Gasteiger partial charge in [0.25, 0.3) is 0 Å². The third-order valence-electron chi connectivity index (χ3n) is 5.12. The number of nitrogens with one attached hydrogen (secondary N) is 1. The second kappa shape index (κ2) is 6.78. The van der Waals surface area contributed by atoms with Gasteiger partial charge in [0.2, 0.25) is 0 Å². The zero-order valence-electron chi connectivity index (χ0n) is 14.0. The number of hydrogen-bond acceptors (Lipinski definition) is 2. The first-order chi connectivity index (χ1) is 9.93. The highest BCUT2D eigenvalue weighted by atomic mass is 19.1. The van der Waals surface area contributed by atoms with E-state index in [9.17, 15) is 4.39 Å². The molecule has 0 radical (unpaired) electrons. The topological polar surface area (TPSA) is 15.3 Å². The maximum absolute atomic E-state index is 14.0. The predicted octanol–water partition coefficient (Wildman–Crippen LogP) is 4.43. The van der Waals surface area contributed by atoms with Crippen molar-refractivity contribution in [2.45, 2.75) is 58.5 Å². The molecule has 0 aromatic heterocycles. The number of aryl methyl sites for hydroxylation is 1. The van der Waals surface area contributed by atoms with Gasteiger partial charge in [-0.25, -0.2) is 4.39 Å². The molecule has 118 valence electrons. The predicted molar refractivity (Wildman–Crippen MR) is 88.4 cm³/mol. The smallest absolute Gasteiger partial charge is 0.126 e. The van der Waals surface area contributed by atoms with Crippen molar-refractivity contribution >= 4 is 5.69 Å². The third kappa shape index (κ3) is 3.57. The lowest BCUT2D eigenvalue weighted by Crippen LogP contribution is -2.36. The average Bonchev–Trinajstić information content (AvgIpc) is 2.48. The lowest BCUT2D eigenvalue weighted by Gasteiger charge is -2.37. The largest absolute Gasteiger partial charge is 0.371 e. The van der Waals surface area contributed by atoms with E-state index < -0.39 is 0 Å². The van der Waals surface area contributed by atoms with Gasteiger partial charge in [0.15, 0.2) is 0 Å². The van der Waals surface area contributed by atoms with Crippen molar-refractivity contribution in [2.75, 3.05) is 19.0 Å². The van der Waals surface area contributed by atoms with E-state index in [2.05, 4.69) is 31.1 Å². The van der Waals surface area contributed by atoms with E-state index in [0.29, 0.717) is 6.04 Å². The number of hydrogen-bond donors (Lipinski definition) is 1. The fraction of sp³-hybridized carbons (Fsp3) is 0.667. The molecule has 0 bridgehead atoms. The molecule has 1 atom stereocenters. The van der Waals surface area contributed by atoms with Gasteiger partial charge in [0, 0.05) is 24.8 Å². The normalized spacial score (nSPS) is 23.9. The van der Waals surface area contributed by atoms with Crippen LogP contribution in [0.3, 0.4) is 0 Å². The summed E-state index contributed by atoms with van der Waals surface area (Å²) in [5.41, 5.74) is 2.96. The second-order valence-electron chi connectivity index (χ2n) is 6.70. The van der Waals surface area contributed by atoms with E-state index in [4.69, 9.17) is 0 Å². The molecule has 1 aliphatic rings. The fourth-order valence-electron chi connectivity index (χ4n) is 3.32. The molecule has 0 heterocycles. The molecule has 21 heavy (non-hydrogen) atoms. The van der Waals surface area contributed by atoms with Crippen LogP contribution in [0.25, 0.3) is 0 Å². The minimum atomic E-state index is -0.110. The summed E-state index contributed by atoms with van der Waals surface area (Å²) in [6.45, 7) is 6.28. The van der Waals surface area contributed by atoms with E-state index in [1.807, 2.05) is 20.0 Å². The Kier molecular flexibility index (Phi) is 5.26. The summed E-state index contributed by atoms with van der Waals surface area (Å²) in [5.74, 6) is 0.738. The second-order valence-corrected chi connectivity index (χ2v) is 6.70. The average molecular weight is 292 g/mol. The summed E-state index contributed by atoms with van der Waals surface area (Å²) in [7, 11) is 4.09. The van der Waals surface area contributed by atoms with E-state index >= 15 is 0 Å². The fourth-order valence-corrected chi connectivity index (χ4v) is 3.32. The van der Waals surface area contributed by atoms with Crippen LogP contribution in [-0.4, -0.2) is 20.1 Å². The number of halogens is 1. The van der Waals surface area contributed by atoms with E-state index in [1.165, 1.54) is 31.4 Å². The Morgan fingerprint density at radius 1 is 1.24 bits per heavy atom. The van der Waals surface area contributed by atoms with Crippen LogP contribution in [0.4, 0.5) is 10.1 Å². The highest BCUT2D eigenvalue weighted by Gasteiger charge is 2.24. The molecule has 0 amide bonds. The zero-order chi connectivity index (χ0) is 15.6. The van der Waals surface area contributed by atoms with Gasteiger partial charge in [-0.05, 0) is 75.8 Å². The van der Waals surface area contributed by atoms with E-state index in [-0.39, 0.29) is 11.9 Å². The summed E-state index contributed by atoms with van der Waals surface area (Å²) in [6.07, 6.45) is 5.07. The zero-order valence-corrected chi connectivity index (χ0v) is 14.0. The summed E-state index contributed by atoms with van der Waals surface area (Å²) in [5, 5.41) is 3.24. The summed E-state index contributed by atoms with van der Waals surface area (Å²) < 4.78 is 14.0. The van der Waals surface area contributed by atoms with Crippen molar-refractivity contribution in [1.82, 2.24) is 5.32 Å². The Morgan fingerprint density at radius 3 is 2.43 bits per heavy atom. The molecule has 1 unspecified atom stereocenters.